The number of phenols is 1. The zero-order chi connectivity index (χ0) is 29.1. The topological polar surface area (TPSA) is 204 Å². The van der Waals surface area contributed by atoms with Crippen LogP contribution in [-0.4, -0.2) is 80.9 Å². The van der Waals surface area contributed by atoms with Crippen LogP contribution in [0, 0.1) is 11.8 Å². The molecule has 1 amide bonds. The monoisotopic (exact) mass is 551 g/mol. The average Bonchev–Trinajstić information content (AvgIpc) is 3.39. The number of fused-ring (bicyclic) bond motifs is 3. The first-order valence-corrected chi connectivity index (χ1v) is 12.6. The minimum atomic E-state index is -2.72. The minimum Gasteiger partial charge on any atom is -0.510 e. The molecule has 0 saturated heterocycles. The third kappa shape index (κ3) is 3.95. The maximum absolute atomic E-state index is 13.7. The van der Waals surface area contributed by atoms with Gasteiger partial charge >= 0.3 is 0 Å². The van der Waals surface area contributed by atoms with E-state index in [2.05, 4.69) is 5.32 Å². The molecule has 2 aromatic rings. The molecule has 0 unspecified atom stereocenters. The Balaban J connectivity index is 1.57. The quantitative estimate of drug-likeness (QED) is 0.209. The van der Waals surface area contributed by atoms with Gasteiger partial charge in [-0.15, -0.1) is 0 Å². The molecule has 0 fully saturated rings. The van der Waals surface area contributed by atoms with Crippen LogP contribution in [0.3, 0.4) is 0 Å². The third-order valence-electron chi connectivity index (χ3n) is 8.07. The van der Waals surface area contributed by atoms with Crippen LogP contribution in [-0.2, 0) is 22.6 Å². The first-order chi connectivity index (χ1) is 18.9. The van der Waals surface area contributed by atoms with E-state index in [1.54, 1.807) is 26.2 Å². The van der Waals surface area contributed by atoms with Gasteiger partial charge in [-0.25, -0.2) is 0 Å². The van der Waals surface area contributed by atoms with Crippen LogP contribution < -0.4 is 11.1 Å². The maximum atomic E-state index is 13.7. The number of ketones is 3. The van der Waals surface area contributed by atoms with Crippen LogP contribution in [0.25, 0.3) is 0 Å². The number of hydrogen-bond acceptors (Lipinski definition) is 11. The number of phenolic OH excluding ortho intramolecular Hbond substituents is 1. The van der Waals surface area contributed by atoms with E-state index >= 15 is 0 Å². The highest BCUT2D eigenvalue weighted by Crippen LogP contribution is 2.52. The van der Waals surface area contributed by atoms with Crippen molar-refractivity contribution in [2.75, 3.05) is 20.6 Å². The number of aliphatic hydroxyl groups is 3. The lowest BCUT2D eigenvalue weighted by molar-refractivity contribution is -0.148. The molecular formula is C28H29N3O9. The number of Topliss-reactive ketones (excluding diaryl/α,β-unsaturated/α-hetero) is 3. The lowest BCUT2D eigenvalue weighted by Gasteiger charge is -2.50. The van der Waals surface area contributed by atoms with E-state index in [1.807, 2.05) is 0 Å². The number of amides is 1. The van der Waals surface area contributed by atoms with E-state index in [4.69, 9.17) is 10.2 Å². The summed E-state index contributed by atoms with van der Waals surface area (Å²) in [5, 5.41) is 47.4. The Morgan fingerprint density at radius 1 is 1.18 bits per heavy atom. The summed E-state index contributed by atoms with van der Waals surface area (Å²) >= 11 is 0. The van der Waals surface area contributed by atoms with E-state index in [0.29, 0.717) is 12.3 Å². The first-order valence-electron chi connectivity index (χ1n) is 12.6. The summed E-state index contributed by atoms with van der Waals surface area (Å²) in [5.74, 6) is -7.10. The number of benzene rings is 1. The van der Waals surface area contributed by atoms with Crippen LogP contribution >= 0.6 is 0 Å². The van der Waals surface area contributed by atoms with Gasteiger partial charge in [-0.3, -0.25) is 24.1 Å². The molecule has 40 heavy (non-hydrogen) atoms. The Bertz CT molecular complexity index is 1500. The molecule has 3 aliphatic carbocycles. The van der Waals surface area contributed by atoms with Gasteiger partial charge in [-0.2, -0.15) is 0 Å². The van der Waals surface area contributed by atoms with Crippen molar-refractivity contribution in [3.63, 3.8) is 0 Å². The number of nitrogens with zero attached hydrogens (tertiary/aromatic N) is 1. The largest absolute Gasteiger partial charge is 0.510 e. The molecule has 0 bridgehead atoms. The molecule has 7 N–H and O–H groups in total. The number of nitrogens with two attached hydrogens (primary N) is 1. The van der Waals surface area contributed by atoms with Gasteiger partial charge in [0, 0.05) is 17.1 Å². The summed E-state index contributed by atoms with van der Waals surface area (Å²) in [4.78, 5) is 53.8. The molecule has 0 saturated carbocycles. The number of hydrogen-bond donors (Lipinski definition) is 6. The highest BCUT2D eigenvalue weighted by Gasteiger charge is 2.63. The number of carbonyl (C=O) groups is 4. The summed E-state index contributed by atoms with van der Waals surface area (Å²) < 4.78 is 5.25. The van der Waals surface area contributed by atoms with Crippen LogP contribution in [0.1, 0.15) is 38.5 Å². The predicted molar refractivity (Wildman–Crippen MR) is 138 cm³/mol. The van der Waals surface area contributed by atoms with Gasteiger partial charge < -0.3 is 35.9 Å². The number of likely N-dealkylation sites (N-methyl/N-ethyl adjacent to an activating group) is 1. The van der Waals surface area contributed by atoms with Gasteiger partial charge in [0.05, 0.1) is 31.0 Å². The van der Waals surface area contributed by atoms with Crippen molar-refractivity contribution in [3.05, 3.63) is 75.6 Å². The van der Waals surface area contributed by atoms with E-state index in [0.717, 1.165) is 0 Å². The van der Waals surface area contributed by atoms with Crippen molar-refractivity contribution in [1.82, 2.24) is 10.2 Å². The number of allylic oxidation sites excluding steroid dienone is 1. The molecule has 3 aliphatic rings. The van der Waals surface area contributed by atoms with E-state index in [-0.39, 0.29) is 47.4 Å². The van der Waals surface area contributed by atoms with Gasteiger partial charge in [-0.1, -0.05) is 0 Å². The summed E-state index contributed by atoms with van der Waals surface area (Å²) in [6.45, 7) is 0.213. The molecule has 0 spiro atoms. The number of furan rings is 1. The Morgan fingerprint density at radius 3 is 2.52 bits per heavy atom. The Hall–Kier alpha value is -4.26. The van der Waals surface area contributed by atoms with Crippen LogP contribution in [0.15, 0.2) is 57.6 Å². The van der Waals surface area contributed by atoms with Gasteiger partial charge in [0.15, 0.2) is 17.2 Å². The zero-order valence-corrected chi connectivity index (χ0v) is 21.8. The maximum Gasteiger partial charge on any atom is 0.255 e. The molecule has 210 valence electrons. The average molecular weight is 552 g/mol. The second kappa shape index (κ2) is 9.73. The third-order valence-corrected chi connectivity index (χ3v) is 8.07. The number of rotatable bonds is 7. The molecule has 0 radical (unpaired) electrons. The molecule has 1 aromatic carbocycles. The molecule has 5 rings (SSSR count). The second-order valence-corrected chi connectivity index (χ2v) is 10.6. The Labute approximate surface area is 228 Å². The van der Waals surface area contributed by atoms with Crippen LogP contribution in [0.4, 0.5) is 0 Å². The fourth-order valence-corrected chi connectivity index (χ4v) is 6.32. The van der Waals surface area contributed by atoms with Gasteiger partial charge in [0.1, 0.15) is 28.6 Å². The van der Waals surface area contributed by atoms with Crippen molar-refractivity contribution in [2.24, 2.45) is 17.6 Å². The SMILES string of the molecule is CN(C)[C@@H]1C(O)=C(C(N)=O)C(=O)[C@@]2(O)C(O)=C3C(=O)c4c(O)ccc(C(=O)CNCc5ccco5)c4C[C@H]3C[C@@H]12. The first kappa shape index (κ1) is 27.3. The number of nitrogens with one attached hydrogen (secondary N) is 1. The summed E-state index contributed by atoms with van der Waals surface area (Å²) in [6, 6.07) is 5.00. The van der Waals surface area contributed by atoms with Crippen LogP contribution in [0.2, 0.25) is 0 Å². The van der Waals surface area contributed by atoms with E-state index in [9.17, 15) is 39.6 Å². The number of aromatic hydroxyl groups is 1. The molecule has 1 aromatic heterocycles. The minimum absolute atomic E-state index is 0.0300. The summed E-state index contributed by atoms with van der Waals surface area (Å²) in [6.07, 6.45) is 1.48. The number of aliphatic hydroxyl groups excluding tert-OH is 2. The normalized spacial score (nSPS) is 26.1. The van der Waals surface area contributed by atoms with Gasteiger partial charge in [-0.05, 0) is 62.7 Å². The standard InChI is InChI=1S/C28H29N3O9/c1-31(2)22-16-9-12-8-15-14(18(33)11-30-10-13-4-3-7-40-13)5-6-17(32)20(15)23(34)19(12)25(36)28(16,39)26(37)21(24(22)35)27(29)38/h3-7,12,16,22,30,32,35-36,39H,8-11H2,1-2H3,(H2,29,38)/t12-,16-,22-,28-/m0/s1. The number of carbonyl (C=O) groups excluding carboxylic acids is 4. The number of primary amides is 1. The van der Waals surface area contributed by atoms with E-state index < -0.39 is 63.8 Å². The molecule has 12 nitrogen and oxygen atoms in total. The predicted octanol–water partition coefficient (Wildman–Crippen LogP) is 0.686. The van der Waals surface area contributed by atoms with Crippen molar-refractivity contribution >= 4 is 23.3 Å². The Kier molecular flexibility index (Phi) is 6.65. The van der Waals surface area contributed by atoms with Gasteiger partial charge in [0.2, 0.25) is 5.78 Å². The summed E-state index contributed by atoms with van der Waals surface area (Å²) in [7, 11) is 3.11. The molecule has 0 aliphatic heterocycles. The summed E-state index contributed by atoms with van der Waals surface area (Å²) in [5.41, 5.74) is 1.74. The second-order valence-electron chi connectivity index (χ2n) is 10.6. The fourth-order valence-electron chi connectivity index (χ4n) is 6.32. The highest BCUT2D eigenvalue weighted by molar-refractivity contribution is 6.25. The zero-order valence-electron chi connectivity index (χ0n) is 21.8. The van der Waals surface area contributed by atoms with Crippen molar-refractivity contribution < 1.29 is 44.0 Å². The fraction of sp³-hybridized carbons (Fsp3) is 0.357. The lowest BCUT2D eigenvalue weighted by Crippen LogP contribution is -2.63. The molecule has 1 heterocycles. The van der Waals surface area contributed by atoms with Crippen molar-refractivity contribution in [1.29, 1.82) is 0 Å². The smallest absolute Gasteiger partial charge is 0.255 e. The Morgan fingerprint density at radius 2 is 1.90 bits per heavy atom. The molecular weight excluding hydrogens is 522 g/mol. The van der Waals surface area contributed by atoms with Gasteiger partial charge in [0.25, 0.3) is 5.91 Å². The lowest BCUT2D eigenvalue weighted by atomic mass is 9.58. The van der Waals surface area contributed by atoms with Crippen LogP contribution in [0.5, 0.6) is 5.75 Å². The molecule has 4 atom stereocenters. The highest BCUT2D eigenvalue weighted by atomic mass is 16.3. The molecule has 12 heteroatoms. The van der Waals surface area contributed by atoms with Crippen molar-refractivity contribution in [3.8, 4) is 5.75 Å². The van der Waals surface area contributed by atoms with Crippen molar-refractivity contribution in [2.45, 2.75) is 31.0 Å². The van der Waals surface area contributed by atoms with E-state index in [1.165, 1.54) is 23.3 Å².